The SMILES string of the molecule is CC(C)C[C@H](NC(=O)CNC(=O)[C@H](CCCN=C(N)N)NC(=O)[C@@H]1CSSC(C)(C)[C@H](NC(=O)[C@@H](N)Cc2ccc(O)cc2)C(=O)NCC(=O)N[C@@H](Cc2ccccc2)C(=O)N1)C(=O)O. The average molecular weight is 944 g/mol. The molecule has 3 rings (SSSR count). The van der Waals surface area contributed by atoms with Crippen LogP contribution in [0.2, 0.25) is 0 Å². The summed E-state index contributed by atoms with van der Waals surface area (Å²) < 4.78 is -1.15. The van der Waals surface area contributed by atoms with Crippen LogP contribution in [0, 0.1) is 5.92 Å². The van der Waals surface area contributed by atoms with Gasteiger partial charge in [0.15, 0.2) is 5.96 Å². The number of phenolic OH excluding ortho intramolecular Hbond substituents is 1. The van der Waals surface area contributed by atoms with Gasteiger partial charge in [0.1, 0.15) is 36.0 Å². The number of carboxylic acid groups (broad SMARTS) is 1. The normalized spacial score (nSPS) is 19.4. The van der Waals surface area contributed by atoms with Crippen LogP contribution in [0.3, 0.4) is 0 Å². The minimum atomic E-state index is -1.36. The maximum absolute atomic E-state index is 14.2. The Labute approximate surface area is 385 Å². The van der Waals surface area contributed by atoms with Crippen molar-refractivity contribution >= 4 is 74.9 Å². The van der Waals surface area contributed by atoms with Gasteiger partial charge >= 0.3 is 5.97 Å². The highest BCUT2D eigenvalue weighted by Crippen LogP contribution is 2.39. The van der Waals surface area contributed by atoms with Crippen LogP contribution in [0.4, 0.5) is 0 Å². The Bertz CT molecular complexity index is 2000. The predicted molar refractivity (Wildman–Crippen MR) is 247 cm³/mol. The zero-order valence-electron chi connectivity index (χ0n) is 36.8. The first-order chi connectivity index (χ1) is 30.6. The molecule has 356 valence electrons. The zero-order valence-corrected chi connectivity index (χ0v) is 38.4. The zero-order chi connectivity index (χ0) is 48.3. The van der Waals surface area contributed by atoms with Crippen LogP contribution in [0.1, 0.15) is 58.1 Å². The molecule has 0 saturated carbocycles. The molecule has 0 radical (unpaired) electrons. The highest BCUT2D eigenvalue weighted by molar-refractivity contribution is 8.77. The summed E-state index contributed by atoms with van der Waals surface area (Å²) in [4.78, 5) is 111. The molecule has 1 fully saturated rings. The van der Waals surface area contributed by atoms with E-state index in [0.29, 0.717) is 11.1 Å². The molecule has 15 N–H and O–H groups in total. The summed E-state index contributed by atoms with van der Waals surface area (Å²) in [6.07, 6.45) is 0.370. The number of carboxylic acids is 1. The largest absolute Gasteiger partial charge is 0.508 e. The summed E-state index contributed by atoms with van der Waals surface area (Å²) in [5, 5.41) is 37.3. The van der Waals surface area contributed by atoms with E-state index >= 15 is 0 Å². The van der Waals surface area contributed by atoms with Crippen LogP contribution in [-0.2, 0) is 51.2 Å². The van der Waals surface area contributed by atoms with Gasteiger partial charge in [-0.1, -0.05) is 77.9 Å². The average Bonchev–Trinajstić information content (AvgIpc) is 3.24. The van der Waals surface area contributed by atoms with Crippen molar-refractivity contribution in [2.45, 2.75) is 101 Å². The number of benzene rings is 2. The van der Waals surface area contributed by atoms with Crippen molar-refractivity contribution in [1.29, 1.82) is 0 Å². The van der Waals surface area contributed by atoms with Gasteiger partial charge in [-0.05, 0) is 68.7 Å². The van der Waals surface area contributed by atoms with Crippen LogP contribution < -0.4 is 54.4 Å². The summed E-state index contributed by atoms with van der Waals surface area (Å²) in [6, 6.07) is 7.37. The third-order valence-electron chi connectivity index (χ3n) is 9.81. The summed E-state index contributed by atoms with van der Waals surface area (Å²) >= 11 is 0. The fourth-order valence-corrected chi connectivity index (χ4v) is 9.20. The van der Waals surface area contributed by atoms with E-state index in [0.717, 1.165) is 21.6 Å². The van der Waals surface area contributed by atoms with Crippen molar-refractivity contribution < 1.29 is 48.6 Å². The molecule has 21 nitrogen and oxygen atoms in total. The molecular formula is C42H61N11O10S2. The number of nitrogens with zero attached hydrogens (tertiary/aromatic N) is 1. The maximum Gasteiger partial charge on any atom is 0.326 e. The van der Waals surface area contributed by atoms with Gasteiger partial charge < -0.3 is 64.6 Å². The molecule has 7 amide bonds. The van der Waals surface area contributed by atoms with Crippen LogP contribution in [0.5, 0.6) is 5.75 Å². The lowest BCUT2D eigenvalue weighted by atomic mass is 10.0. The summed E-state index contributed by atoms with van der Waals surface area (Å²) in [6.45, 7) is 5.78. The topological polar surface area (TPSA) is 352 Å². The van der Waals surface area contributed by atoms with Crippen molar-refractivity contribution in [3.8, 4) is 5.75 Å². The van der Waals surface area contributed by atoms with Gasteiger partial charge in [-0.2, -0.15) is 0 Å². The smallest absolute Gasteiger partial charge is 0.326 e. The van der Waals surface area contributed by atoms with Gasteiger partial charge in [0.2, 0.25) is 41.4 Å². The first kappa shape index (κ1) is 53.3. The lowest BCUT2D eigenvalue weighted by Crippen LogP contribution is -2.61. The molecule has 6 atom stereocenters. The molecule has 0 unspecified atom stereocenters. The van der Waals surface area contributed by atoms with Gasteiger partial charge in [-0.25, -0.2) is 4.79 Å². The van der Waals surface area contributed by atoms with Gasteiger partial charge in [-0.15, -0.1) is 0 Å². The molecule has 2 aromatic rings. The highest BCUT2D eigenvalue weighted by Gasteiger charge is 2.40. The lowest BCUT2D eigenvalue weighted by Gasteiger charge is -2.34. The van der Waals surface area contributed by atoms with Crippen LogP contribution in [-0.4, -0.2) is 130 Å². The van der Waals surface area contributed by atoms with Gasteiger partial charge in [0.05, 0.1) is 19.1 Å². The van der Waals surface area contributed by atoms with Gasteiger partial charge in [0.25, 0.3) is 0 Å². The Balaban J connectivity index is 1.91. The molecule has 23 heteroatoms. The minimum absolute atomic E-state index is 0.00891. The Morgan fingerprint density at radius 1 is 0.908 bits per heavy atom. The number of guanidine groups is 1. The first-order valence-corrected chi connectivity index (χ1v) is 23.2. The monoisotopic (exact) mass is 943 g/mol. The van der Waals surface area contributed by atoms with Crippen molar-refractivity contribution in [1.82, 2.24) is 37.2 Å². The molecule has 1 heterocycles. The molecule has 1 saturated heterocycles. The van der Waals surface area contributed by atoms with Crippen LogP contribution >= 0.6 is 21.6 Å². The lowest BCUT2D eigenvalue weighted by molar-refractivity contribution is -0.142. The molecule has 65 heavy (non-hydrogen) atoms. The quantitative estimate of drug-likeness (QED) is 0.0331. The Morgan fingerprint density at radius 2 is 1.58 bits per heavy atom. The second-order valence-electron chi connectivity index (χ2n) is 16.3. The van der Waals surface area contributed by atoms with E-state index in [9.17, 15) is 48.6 Å². The van der Waals surface area contributed by atoms with E-state index in [1.165, 1.54) is 12.1 Å². The summed E-state index contributed by atoms with van der Waals surface area (Å²) in [5.41, 5.74) is 18.5. The fraction of sp³-hybridized carbons (Fsp3) is 0.500. The molecule has 0 aromatic heterocycles. The number of amides is 7. The number of hydrogen-bond acceptors (Lipinski definition) is 13. The molecule has 1 aliphatic heterocycles. The Kier molecular flexibility index (Phi) is 21.3. The number of phenols is 1. The van der Waals surface area contributed by atoms with Crippen LogP contribution in [0.15, 0.2) is 59.6 Å². The van der Waals surface area contributed by atoms with E-state index in [4.69, 9.17) is 17.2 Å². The first-order valence-electron chi connectivity index (χ1n) is 20.9. The molecule has 2 aromatic carbocycles. The number of rotatable bonds is 19. The fourth-order valence-electron chi connectivity index (χ4n) is 6.39. The van der Waals surface area contributed by atoms with E-state index in [-0.39, 0.29) is 62.0 Å². The molecule has 1 aliphatic rings. The molecule has 0 bridgehead atoms. The number of aliphatic carboxylic acids is 1. The molecular weight excluding hydrogens is 883 g/mol. The number of hydrogen-bond donors (Lipinski definition) is 12. The van der Waals surface area contributed by atoms with E-state index in [2.05, 4.69) is 42.2 Å². The predicted octanol–water partition coefficient (Wildman–Crippen LogP) is -1.48. The maximum atomic E-state index is 14.2. The standard InChI is InChI=1S/C42H61N11O10S2/c1-23(2)17-30(40(62)63)50-33(56)20-47-36(58)28(11-8-16-46-41(44)45)51-38(60)31-22-64-65-42(3,4)34(53-35(57)27(43)18-25-12-14-26(54)15-13-25)39(61)48-21-32(55)49-29(37(59)52-31)19-24-9-6-5-7-10-24/h5-7,9-10,12-15,23,27-31,34,54H,8,11,16-22,43H2,1-4H3,(H,47,58)(H,48,61)(H,49,55)(H,50,56)(H,51,60)(H,52,59)(H,53,57)(H,62,63)(H4,44,45,46)/t27-,28-,29-,30-,31-,34+/m0/s1. The second kappa shape index (κ2) is 26.0. The number of nitrogens with two attached hydrogens (primary N) is 3. The van der Waals surface area contributed by atoms with Crippen molar-refractivity contribution in [2.75, 3.05) is 25.4 Å². The Hall–Kier alpha value is -6.07. The molecule has 0 spiro atoms. The number of carbonyl (C=O) groups is 8. The van der Waals surface area contributed by atoms with E-state index < -0.39 is 101 Å². The number of aromatic hydroxyl groups is 1. The summed E-state index contributed by atoms with van der Waals surface area (Å²) in [7, 11) is 2.19. The number of nitrogens with one attached hydrogen (secondary N) is 7. The Morgan fingerprint density at radius 3 is 2.22 bits per heavy atom. The second-order valence-corrected chi connectivity index (χ2v) is 19.3. The summed E-state index contributed by atoms with van der Waals surface area (Å²) in [5.74, 6) is -6.90. The van der Waals surface area contributed by atoms with Crippen molar-refractivity contribution in [2.24, 2.45) is 28.1 Å². The van der Waals surface area contributed by atoms with Crippen molar-refractivity contribution in [3.63, 3.8) is 0 Å². The molecule has 0 aliphatic carbocycles. The van der Waals surface area contributed by atoms with Gasteiger partial charge in [-0.3, -0.25) is 38.6 Å². The minimum Gasteiger partial charge on any atom is -0.508 e. The van der Waals surface area contributed by atoms with Gasteiger partial charge in [0, 0.05) is 23.5 Å². The third kappa shape index (κ3) is 18.9. The highest BCUT2D eigenvalue weighted by atomic mass is 33.1. The number of carbonyl (C=O) groups excluding carboxylic acids is 7. The third-order valence-corrected chi connectivity index (χ3v) is 13.1. The van der Waals surface area contributed by atoms with Crippen LogP contribution in [0.25, 0.3) is 0 Å². The number of aliphatic imine (C=N–C) groups is 1. The van der Waals surface area contributed by atoms with Crippen molar-refractivity contribution in [3.05, 3.63) is 65.7 Å². The van der Waals surface area contributed by atoms with E-state index in [1.54, 1.807) is 70.2 Å². The van der Waals surface area contributed by atoms with E-state index in [1.807, 2.05) is 0 Å².